The van der Waals surface area contributed by atoms with Crippen molar-refractivity contribution in [1.82, 2.24) is 5.32 Å². The maximum Gasteiger partial charge on any atom is 0.407 e. The van der Waals surface area contributed by atoms with Crippen LogP contribution in [0.25, 0.3) is 0 Å². The molecule has 0 aromatic carbocycles. The van der Waals surface area contributed by atoms with Gasteiger partial charge in [0.2, 0.25) is 0 Å². The Bertz CT molecular complexity index is 238. The number of amides is 1. The SMILES string of the molecule is CC(C)(C)OC(=O)NC[C@@H]1CCOC[C@H]1N. The van der Waals surface area contributed by atoms with Crippen molar-refractivity contribution in [2.45, 2.75) is 38.8 Å². The second-order valence-corrected chi connectivity index (χ2v) is 5.17. The fourth-order valence-electron chi connectivity index (χ4n) is 1.59. The van der Waals surface area contributed by atoms with Crippen LogP contribution < -0.4 is 11.1 Å². The maximum absolute atomic E-state index is 11.4. The van der Waals surface area contributed by atoms with E-state index in [4.69, 9.17) is 15.2 Å². The van der Waals surface area contributed by atoms with Gasteiger partial charge in [-0.25, -0.2) is 4.79 Å². The van der Waals surface area contributed by atoms with Crippen molar-refractivity contribution in [1.29, 1.82) is 0 Å². The molecule has 0 unspecified atom stereocenters. The molecule has 94 valence electrons. The summed E-state index contributed by atoms with van der Waals surface area (Å²) in [5.41, 5.74) is 5.42. The van der Waals surface area contributed by atoms with Gasteiger partial charge in [0.25, 0.3) is 0 Å². The zero-order valence-corrected chi connectivity index (χ0v) is 10.3. The predicted octanol–water partition coefficient (Wildman–Crippen LogP) is 0.875. The van der Waals surface area contributed by atoms with Crippen LogP contribution in [-0.4, -0.2) is 37.5 Å². The Hall–Kier alpha value is -0.810. The number of carbonyl (C=O) groups is 1. The van der Waals surface area contributed by atoms with Gasteiger partial charge in [-0.05, 0) is 33.1 Å². The number of nitrogens with two attached hydrogens (primary N) is 1. The van der Waals surface area contributed by atoms with E-state index >= 15 is 0 Å². The predicted molar refractivity (Wildman–Crippen MR) is 61.1 cm³/mol. The first-order chi connectivity index (χ1) is 7.38. The molecule has 0 aromatic heterocycles. The van der Waals surface area contributed by atoms with Gasteiger partial charge in [0.15, 0.2) is 0 Å². The van der Waals surface area contributed by atoms with Crippen molar-refractivity contribution in [3.05, 3.63) is 0 Å². The third kappa shape index (κ3) is 4.81. The fraction of sp³-hybridized carbons (Fsp3) is 0.909. The van der Waals surface area contributed by atoms with Crippen LogP contribution in [0.2, 0.25) is 0 Å². The lowest BCUT2D eigenvalue weighted by Gasteiger charge is -2.29. The Labute approximate surface area is 96.7 Å². The summed E-state index contributed by atoms with van der Waals surface area (Å²) >= 11 is 0. The summed E-state index contributed by atoms with van der Waals surface area (Å²) in [5, 5.41) is 2.74. The first-order valence-electron chi connectivity index (χ1n) is 5.68. The fourth-order valence-corrected chi connectivity index (χ4v) is 1.59. The minimum atomic E-state index is -0.456. The van der Waals surface area contributed by atoms with Gasteiger partial charge in [-0.15, -0.1) is 0 Å². The minimum Gasteiger partial charge on any atom is -0.444 e. The molecule has 16 heavy (non-hydrogen) atoms. The van der Waals surface area contributed by atoms with Crippen molar-refractivity contribution in [3.8, 4) is 0 Å². The van der Waals surface area contributed by atoms with Crippen LogP contribution in [0.15, 0.2) is 0 Å². The van der Waals surface area contributed by atoms with E-state index in [9.17, 15) is 4.79 Å². The molecular weight excluding hydrogens is 208 g/mol. The number of hydrogen-bond donors (Lipinski definition) is 2. The molecule has 1 heterocycles. The molecule has 1 aliphatic rings. The quantitative estimate of drug-likeness (QED) is 0.738. The van der Waals surface area contributed by atoms with Crippen molar-refractivity contribution in [3.63, 3.8) is 0 Å². The monoisotopic (exact) mass is 230 g/mol. The van der Waals surface area contributed by atoms with E-state index in [0.29, 0.717) is 19.8 Å². The molecule has 1 amide bonds. The highest BCUT2D eigenvalue weighted by Gasteiger charge is 2.23. The van der Waals surface area contributed by atoms with Crippen LogP contribution in [0.1, 0.15) is 27.2 Å². The van der Waals surface area contributed by atoms with E-state index in [1.807, 2.05) is 20.8 Å². The number of rotatable bonds is 2. The van der Waals surface area contributed by atoms with Crippen molar-refractivity contribution >= 4 is 6.09 Å². The molecule has 1 rings (SSSR count). The molecule has 1 aliphatic heterocycles. The summed E-state index contributed by atoms with van der Waals surface area (Å²) in [6.07, 6.45) is 0.503. The van der Waals surface area contributed by atoms with E-state index in [1.165, 1.54) is 0 Å². The summed E-state index contributed by atoms with van der Waals surface area (Å²) in [7, 11) is 0. The second kappa shape index (κ2) is 5.50. The lowest BCUT2D eigenvalue weighted by Crippen LogP contribution is -2.46. The van der Waals surface area contributed by atoms with Crippen LogP contribution in [0.4, 0.5) is 4.79 Å². The molecule has 2 atom stereocenters. The van der Waals surface area contributed by atoms with Crippen molar-refractivity contribution in [2.24, 2.45) is 11.7 Å². The lowest BCUT2D eigenvalue weighted by atomic mass is 9.96. The Morgan fingerprint density at radius 2 is 2.25 bits per heavy atom. The topological polar surface area (TPSA) is 73.6 Å². The van der Waals surface area contributed by atoms with Gasteiger partial charge in [0.1, 0.15) is 5.60 Å². The van der Waals surface area contributed by atoms with Gasteiger partial charge in [-0.3, -0.25) is 0 Å². The van der Waals surface area contributed by atoms with Gasteiger partial charge in [0.05, 0.1) is 6.61 Å². The highest BCUT2D eigenvalue weighted by molar-refractivity contribution is 5.67. The van der Waals surface area contributed by atoms with E-state index in [-0.39, 0.29) is 18.1 Å². The highest BCUT2D eigenvalue weighted by atomic mass is 16.6. The summed E-state index contributed by atoms with van der Waals surface area (Å²) in [4.78, 5) is 11.4. The van der Waals surface area contributed by atoms with Gasteiger partial charge in [0, 0.05) is 19.2 Å². The number of nitrogens with one attached hydrogen (secondary N) is 1. The molecule has 1 saturated heterocycles. The van der Waals surface area contributed by atoms with Crippen LogP contribution in [0.5, 0.6) is 0 Å². The van der Waals surface area contributed by atoms with Crippen molar-refractivity contribution < 1.29 is 14.3 Å². The lowest BCUT2D eigenvalue weighted by molar-refractivity contribution is 0.0382. The number of carbonyl (C=O) groups excluding carboxylic acids is 1. The Morgan fingerprint density at radius 3 is 2.81 bits per heavy atom. The standard InChI is InChI=1S/C11H22N2O3/c1-11(2,3)16-10(14)13-6-8-4-5-15-7-9(8)12/h8-9H,4-7,12H2,1-3H3,(H,13,14)/t8-,9+/m0/s1. The Balaban J connectivity index is 2.25. The van der Waals surface area contributed by atoms with E-state index in [1.54, 1.807) is 0 Å². The van der Waals surface area contributed by atoms with Crippen LogP contribution >= 0.6 is 0 Å². The van der Waals surface area contributed by atoms with Crippen LogP contribution in [-0.2, 0) is 9.47 Å². The van der Waals surface area contributed by atoms with E-state index in [0.717, 1.165) is 6.42 Å². The molecule has 0 bridgehead atoms. The third-order valence-corrected chi connectivity index (χ3v) is 2.46. The smallest absolute Gasteiger partial charge is 0.407 e. The Morgan fingerprint density at radius 1 is 1.56 bits per heavy atom. The number of hydrogen-bond acceptors (Lipinski definition) is 4. The van der Waals surface area contributed by atoms with Gasteiger partial charge < -0.3 is 20.5 Å². The van der Waals surface area contributed by atoms with E-state index in [2.05, 4.69) is 5.32 Å². The van der Waals surface area contributed by atoms with Crippen molar-refractivity contribution in [2.75, 3.05) is 19.8 Å². The minimum absolute atomic E-state index is 0.00341. The average molecular weight is 230 g/mol. The normalized spacial score (nSPS) is 26.2. The molecule has 0 aliphatic carbocycles. The molecule has 3 N–H and O–H groups in total. The molecule has 0 aromatic rings. The molecule has 0 spiro atoms. The Kier molecular flexibility index (Phi) is 4.56. The van der Waals surface area contributed by atoms with Crippen LogP contribution in [0, 0.1) is 5.92 Å². The van der Waals surface area contributed by atoms with E-state index < -0.39 is 5.60 Å². The van der Waals surface area contributed by atoms with Gasteiger partial charge >= 0.3 is 6.09 Å². The molecule has 1 fully saturated rings. The zero-order valence-electron chi connectivity index (χ0n) is 10.3. The zero-order chi connectivity index (χ0) is 12.2. The van der Waals surface area contributed by atoms with Gasteiger partial charge in [-0.1, -0.05) is 0 Å². The molecular formula is C11H22N2O3. The summed E-state index contributed by atoms with van der Waals surface area (Å²) in [5.74, 6) is 0.279. The molecule has 5 heteroatoms. The summed E-state index contributed by atoms with van der Waals surface area (Å²) < 4.78 is 10.4. The number of ether oxygens (including phenoxy) is 2. The number of alkyl carbamates (subject to hydrolysis) is 1. The maximum atomic E-state index is 11.4. The average Bonchev–Trinajstić information content (AvgIpc) is 2.14. The largest absolute Gasteiger partial charge is 0.444 e. The van der Waals surface area contributed by atoms with Crippen LogP contribution in [0.3, 0.4) is 0 Å². The molecule has 0 radical (unpaired) electrons. The molecule has 5 nitrogen and oxygen atoms in total. The first kappa shape index (κ1) is 13.3. The third-order valence-electron chi connectivity index (χ3n) is 2.46. The van der Waals surface area contributed by atoms with Gasteiger partial charge in [-0.2, -0.15) is 0 Å². The summed E-state index contributed by atoms with van der Waals surface area (Å²) in [6.45, 7) is 7.36. The highest BCUT2D eigenvalue weighted by Crippen LogP contribution is 2.13. The summed E-state index contributed by atoms with van der Waals surface area (Å²) in [6, 6.07) is 0.00341. The first-order valence-corrected chi connectivity index (χ1v) is 5.68. The second-order valence-electron chi connectivity index (χ2n) is 5.17. The molecule has 0 saturated carbocycles.